The summed E-state index contributed by atoms with van der Waals surface area (Å²) in [4.78, 5) is 2.55. The maximum Gasteiger partial charge on any atom is 0.0250 e. The first-order chi connectivity index (χ1) is 8.22. The van der Waals surface area contributed by atoms with Gasteiger partial charge in [0, 0.05) is 31.1 Å². The minimum atomic E-state index is 0.289. The van der Waals surface area contributed by atoms with Crippen LogP contribution in [0.4, 0.5) is 0 Å². The molecule has 17 heavy (non-hydrogen) atoms. The molecule has 1 heterocycles. The molecule has 2 heteroatoms. The number of rotatable bonds is 4. The third-order valence-corrected chi connectivity index (χ3v) is 3.95. The molecule has 2 nitrogen and oxygen atoms in total. The number of hydrogen-bond donors (Lipinski definition) is 1. The second-order valence-corrected chi connectivity index (χ2v) is 5.27. The van der Waals surface area contributed by atoms with Gasteiger partial charge in [-0.05, 0) is 18.9 Å². The van der Waals surface area contributed by atoms with Gasteiger partial charge in [-0.2, -0.15) is 0 Å². The molecule has 0 aromatic heterocycles. The molecule has 0 saturated carbocycles. The highest BCUT2D eigenvalue weighted by Crippen LogP contribution is 2.28. The van der Waals surface area contributed by atoms with Gasteiger partial charge >= 0.3 is 0 Å². The van der Waals surface area contributed by atoms with E-state index < -0.39 is 0 Å². The molecule has 1 aliphatic heterocycles. The van der Waals surface area contributed by atoms with Crippen molar-refractivity contribution in [2.45, 2.75) is 44.7 Å². The molecule has 1 unspecified atom stereocenters. The third kappa shape index (κ3) is 2.88. The van der Waals surface area contributed by atoms with E-state index in [4.69, 9.17) is 5.73 Å². The summed E-state index contributed by atoms with van der Waals surface area (Å²) in [5.41, 5.74) is 7.69. The fraction of sp³-hybridized carbons (Fsp3) is 0.600. The Bertz CT molecular complexity index is 336. The van der Waals surface area contributed by atoms with Gasteiger partial charge in [-0.25, -0.2) is 0 Å². The van der Waals surface area contributed by atoms with E-state index >= 15 is 0 Å². The van der Waals surface area contributed by atoms with Crippen molar-refractivity contribution in [1.82, 2.24) is 4.90 Å². The van der Waals surface area contributed by atoms with E-state index in [0.29, 0.717) is 12.0 Å². The molecule has 1 saturated heterocycles. The van der Waals surface area contributed by atoms with E-state index in [1.54, 1.807) is 0 Å². The summed E-state index contributed by atoms with van der Waals surface area (Å²) in [6, 6.07) is 11.7. The summed E-state index contributed by atoms with van der Waals surface area (Å²) in [6.45, 7) is 6.73. The van der Waals surface area contributed by atoms with Crippen LogP contribution in [-0.4, -0.2) is 30.1 Å². The number of nitrogens with zero attached hydrogens (tertiary/aromatic N) is 1. The first kappa shape index (κ1) is 12.6. The molecule has 0 spiro atoms. The summed E-state index contributed by atoms with van der Waals surface area (Å²) >= 11 is 0. The van der Waals surface area contributed by atoms with Crippen LogP contribution in [0.3, 0.4) is 0 Å². The minimum Gasteiger partial charge on any atom is -0.326 e. The van der Waals surface area contributed by atoms with Gasteiger partial charge in [0.1, 0.15) is 0 Å². The van der Waals surface area contributed by atoms with E-state index in [1.807, 2.05) is 0 Å². The molecule has 2 rings (SSSR count). The van der Waals surface area contributed by atoms with E-state index in [2.05, 4.69) is 49.1 Å². The Morgan fingerprint density at radius 1 is 1.29 bits per heavy atom. The minimum absolute atomic E-state index is 0.289. The molecule has 2 N–H and O–H groups in total. The maximum absolute atomic E-state index is 6.29. The Balaban J connectivity index is 2.03. The van der Waals surface area contributed by atoms with Gasteiger partial charge in [-0.15, -0.1) is 0 Å². The van der Waals surface area contributed by atoms with Gasteiger partial charge in [-0.3, -0.25) is 4.90 Å². The Morgan fingerprint density at radius 3 is 2.65 bits per heavy atom. The SMILES string of the molecule is CCCC(C)N1C[C@@H](N)[C@H](c2ccccc2)C1. The van der Waals surface area contributed by atoms with Crippen molar-refractivity contribution in [2.24, 2.45) is 5.73 Å². The summed E-state index contributed by atoms with van der Waals surface area (Å²) < 4.78 is 0. The number of likely N-dealkylation sites (tertiary alicyclic amines) is 1. The first-order valence-electron chi connectivity index (χ1n) is 6.77. The van der Waals surface area contributed by atoms with Crippen LogP contribution in [0.1, 0.15) is 38.2 Å². The molecular formula is C15H24N2. The average molecular weight is 232 g/mol. The summed E-state index contributed by atoms with van der Waals surface area (Å²) in [7, 11) is 0. The highest BCUT2D eigenvalue weighted by molar-refractivity contribution is 5.23. The van der Waals surface area contributed by atoms with Gasteiger partial charge in [0.25, 0.3) is 0 Å². The van der Waals surface area contributed by atoms with Gasteiger partial charge in [0.15, 0.2) is 0 Å². The zero-order valence-corrected chi connectivity index (χ0v) is 11.0. The second-order valence-electron chi connectivity index (χ2n) is 5.27. The van der Waals surface area contributed by atoms with Gasteiger partial charge in [0.05, 0.1) is 0 Å². The second kappa shape index (κ2) is 5.65. The van der Waals surface area contributed by atoms with E-state index in [1.165, 1.54) is 18.4 Å². The average Bonchev–Trinajstić information content (AvgIpc) is 2.73. The normalized spacial score (nSPS) is 27.2. The van der Waals surface area contributed by atoms with Crippen LogP contribution in [0, 0.1) is 0 Å². The van der Waals surface area contributed by atoms with Gasteiger partial charge in [0.2, 0.25) is 0 Å². The van der Waals surface area contributed by atoms with Crippen LogP contribution in [0.5, 0.6) is 0 Å². The van der Waals surface area contributed by atoms with Crippen molar-refractivity contribution in [3.8, 4) is 0 Å². The fourth-order valence-electron chi connectivity index (χ4n) is 2.87. The molecule has 0 aliphatic carbocycles. The summed E-state index contributed by atoms with van der Waals surface area (Å²) in [5.74, 6) is 0.510. The zero-order valence-electron chi connectivity index (χ0n) is 11.0. The topological polar surface area (TPSA) is 29.3 Å². The summed E-state index contributed by atoms with van der Waals surface area (Å²) in [5, 5.41) is 0. The lowest BCUT2D eigenvalue weighted by atomic mass is 9.95. The van der Waals surface area contributed by atoms with Crippen LogP contribution in [0.2, 0.25) is 0 Å². The smallest absolute Gasteiger partial charge is 0.0250 e. The quantitative estimate of drug-likeness (QED) is 0.864. The van der Waals surface area contributed by atoms with Gasteiger partial charge in [-0.1, -0.05) is 43.7 Å². The first-order valence-corrected chi connectivity index (χ1v) is 6.77. The van der Waals surface area contributed by atoms with Crippen molar-refractivity contribution in [3.05, 3.63) is 35.9 Å². The number of benzene rings is 1. The standard InChI is InChI=1S/C15H24N2/c1-3-7-12(2)17-10-14(15(16)11-17)13-8-5-4-6-9-13/h4-6,8-9,12,14-15H,3,7,10-11,16H2,1-2H3/t12?,14-,15+/m0/s1. The maximum atomic E-state index is 6.29. The molecule has 0 bridgehead atoms. The van der Waals surface area contributed by atoms with Crippen LogP contribution in [0.15, 0.2) is 30.3 Å². The lowest BCUT2D eigenvalue weighted by Gasteiger charge is -2.23. The Morgan fingerprint density at radius 2 is 2.00 bits per heavy atom. The number of nitrogens with two attached hydrogens (primary N) is 1. The predicted octanol–water partition coefficient (Wildman–Crippen LogP) is 2.60. The molecule has 0 radical (unpaired) electrons. The molecule has 0 amide bonds. The van der Waals surface area contributed by atoms with E-state index in [0.717, 1.165) is 13.1 Å². The molecule has 1 aliphatic rings. The lowest BCUT2D eigenvalue weighted by molar-refractivity contribution is 0.241. The predicted molar refractivity (Wildman–Crippen MR) is 73.1 cm³/mol. The largest absolute Gasteiger partial charge is 0.326 e. The van der Waals surface area contributed by atoms with Crippen molar-refractivity contribution in [2.75, 3.05) is 13.1 Å². The van der Waals surface area contributed by atoms with Crippen LogP contribution in [-0.2, 0) is 0 Å². The lowest BCUT2D eigenvalue weighted by Crippen LogP contribution is -2.33. The Labute approximate surface area is 105 Å². The third-order valence-electron chi connectivity index (χ3n) is 3.95. The highest BCUT2D eigenvalue weighted by atomic mass is 15.2. The van der Waals surface area contributed by atoms with Crippen molar-refractivity contribution in [1.29, 1.82) is 0 Å². The molecule has 94 valence electrons. The van der Waals surface area contributed by atoms with Gasteiger partial charge < -0.3 is 5.73 Å². The molecule has 3 atom stereocenters. The van der Waals surface area contributed by atoms with Crippen LogP contribution in [0.25, 0.3) is 0 Å². The monoisotopic (exact) mass is 232 g/mol. The number of hydrogen-bond acceptors (Lipinski definition) is 2. The van der Waals surface area contributed by atoms with E-state index in [9.17, 15) is 0 Å². The van der Waals surface area contributed by atoms with Crippen molar-refractivity contribution >= 4 is 0 Å². The Hall–Kier alpha value is -0.860. The fourth-order valence-corrected chi connectivity index (χ4v) is 2.87. The van der Waals surface area contributed by atoms with Crippen molar-refractivity contribution < 1.29 is 0 Å². The molecule has 1 aromatic rings. The molecule has 1 aromatic carbocycles. The Kier molecular flexibility index (Phi) is 4.19. The van der Waals surface area contributed by atoms with Crippen LogP contribution < -0.4 is 5.73 Å². The molecular weight excluding hydrogens is 208 g/mol. The summed E-state index contributed by atoms with van der Waals surface area (Å²) in [6.07, 6.45) is 2.52. The van der Waals surface area contributed by atoms with Crippen LogP contribution >= 0.6 is 0 Å². The van der Waals surface area contributed by atoms with E-state index in [-0.39, 0.29) is 6.04 Å². The highest BCUT2D eigenvalue weighted by Gasteiger charge is 2.32. The molecule has 1 fully saturated rings. The zero-order chi connectivity index (χ0) is 12.3. The van der Waals surface area contributed by atoms with Crippen molar-refractivity contribution in [3.63, 3.8) is 0 Å².